The number of nitrogens with two attached hydrogens (primary N) is 1. The number of rotatable bonds is 4. The molecule has 0 radical (unpaired) electrons. The van der Waals surface area contributed by atoms with Gasteiger partial charge in [0.2, 0.25) is 5.91 Å². The third-order valence-electron chi connectivity index (χ3n) is 4.03. The predicted octanol–water partition coefficient (Wildman–Crippen LogP) is 3.71. The fourth-order valence-electron chi connectivity index (χ4n) is 2.34. The average molecular weight is 335 g/mol. The van der Waals surface area contributed by atoms with Crippen molar-refractivity contribution in [2.75, 3.05) is 5.32 Å². The van der Waals surface area contributed by atoms with E-state index < -0.39 is 0 Å². The summed E-state index contributed by atoms with van der Waals surface area (Å²) in [5, 5.41) is 12.8. The summed E-state index contributed by atoms with van der Waals surface area (Å²) in [5.41, 5.74) is 9.15. The molecule has 2 rings (SSSR count). The summed E-state index contributed by atoms with van der Waals surface area (Å²) in [7, 11) is 0. The molecule has 0 bridgehead atoms. The molecule has 0 aromatic heterocycles. The van der Waals surface area contributed by atoms with E-state index in [4.69, 9.17) is 5.73 Å². The summed E-state index contributed by atoms with van der Waals surface area (Å²) in [6, 6.07) is 12.8. The molecule has 0 saturated heterocycles. The van der Waals surface area contributed by atoms with Gasteiger partial charge in [0.25, 0.3) is 0 Å². The maximum absolute atomic E-state index is 12.4. The van der Waals surface area contributed by atoms with Crippen molar-refractivity contribution in [2.45, 2.75) is 26.8 Å². The molecule has 0 aliphatic carbocycles. The van der Waals surface area contributed by atoms with Crippen LogP contribution in [0.5, 0.6) is 5.75 Å². The Labute approximate surface area is 143 Å². The molecular formula is C18H23ClN2O2. The van der Waals surface area contributed by atoms with Crippen LogP contribution in [-0.4, -0.2) is 11.0 Å². The number of carbonyl (C=O) groups excluding carboxylic acids is 1. The molecule has 0 fully saturated rings. The molecule has 2 unspecified atom stereocenters. The van der Waals surface area contributed by atoms with E-state index in [1.807, 2.05) is 37.3 Å². The van der Waals surface area contributed by atoms with Gasteiger partial charge < -0.3 is 16.2 Å². The summed E-state index contributed by atoms with van der Waals surface area (Å²) >= 11 is 0. The van der Waals surface area contributed by atoms with Crippen LogP contribution in [0.3, 0.4) is 0 Å². The van der Waals surface area contributed by atoms with E-state index in [2.05, 4.69) is 5.32 Å². The highest BCUT2D eigenvalue weighted by atomic mass is 35.5. The largest absolute Gasteiger partial charge is 0.507 e. The van der Waals surface area contributed by atoms with Crippen LogP contribution in [0.4, 0.5) is 5.69 Å². The highest BCUT2D eigenvalue weighted by Crippen LogP contribution is 2.29. The van der Waals surface area contributed by atoms with Crippen molar-refractivity contribution in [3.63, 3.8) is 0 Å². The van der Waals surface area contributed by atoms with Gasteiger partial charge >= 0.3 is 0 Å². The average Bonchev–Trinajstić information content (AvgIpc) is 2.54. The topological polar surface area (TPSA) is 75.4 Å². The van der Waals surface area contributed by atoms with Crippen molar-refractivity contribution in [1.82, 2.24) is 0 Å². The number of aromatic hydroxyl groups is 1. The molecule has 0 spiro atoms. The zero-order chi connectivity index (χ0) is 16.3. The van der Waals surface area contributed by atoms with Gasteiger partial charge in [0, 0.05) is 17.3 Å². The molecule has 1 amide bonds. The monoisotopic (exact) mass is 334 g/mol. The van der Waals surface area contributed by atoms with Crippen LogP contribution < -0.4 is 11.1 Å². The van der Waals surface area contributed by atoms with Crippen LogP contribution in [0, 0.1) is 19.8 Å². The number of nitrogens with one attached hydrogen (secondary N) is 1. The van der Waals surface area contributed by atoms with Crippen molar-refractivity contribution >= 4 is 24.0 Å². The van der Waals surface area contributed by atoms with Crippen LogP contribution >= 0.6 is 12.4 Å². The van der Waals surface area contributed by atoms with Crippen LogP contribution in [0.1, 0.15) is 29.7 Å². The number of phenols is 1. The second kappa shape index (κ2) is 7.99. The predicted molar refractivity (Wildman–Crippen MR) is 96.0 cm³/mol. The Morgan fingerprint density at radius 1 is 1.13 bits per heavy atom. The number of anilines is 1. The van der Waals surface area contributed by atoms with E-state index in [1.165, 1.54) is 0 Å². The molecule has 5 heteroatoms. The lowest BCUT2D eigenvalue weighted by atomic mass is 9.94. The minimum absolute atomic E-state index is 0. The summed E-state index contributed by atoms with van der Waals surface area (Å²) < 4.78 is 0. The molecule has 2 aromatic rings. The molecule has 0 heterocycles. The minimum Gasteiger partial charge on any atom is -0.507 e. The highest BCUT2D eigenvalue weighted by Gasteiger charge is 2.22. The van der Waals surface area contributed by atoms with Crippen molar-refractivity contribution in [3.05, 3.63) is 59.2 Å². The zero-order valence-corrected chi connectivity index (χ0v) is 14.4. The van der Waals surface area contributed by atoms with E-state index in [0.29, 0.717) is 11.3 Å². The van der Waals surface area contributed by atoms with Crippen LogP contribution in [0.15, 0.2) is 42.5 Å². The Kier molecular flexibility index (Phi) is 6.61. The van der Waals surface area contributed by atoms with Gasteiger partial charge in [-0.2, -0.15) is 0 Å². The van der Waals surface area contributed by atoms with Gasteiger partial charge in [-0.25, -0.2) is 0 Å². The van der Waals surface area contributed by atoms with Gasteiger partial charge in [0.15, 0.2) is 0 Å². The molecule has 0 aliphatic rings. The van der Waals surface area contributed by atoms with Gasteiger partial charge in [-0.3, -0.25) is 4.79 Å². The maximum Gasteiger partial charge on any atom is 0.229 e. The lowest BCUT2D eigenvalue weighted by Gasteiger charge is -2.20. The molecule has 0 aliphatic heterocycles. The van der Waals surface area contributed by atoms with Gasteiger partial charge in [0.1, 0.15) is 5.75 Å². The number of aryl methyl sites for hydroxylation is 1. The van der Waals surface area contributed by atoms with Gasteiger partial charge in [-0.15, -0.1) is 12.4 Å². The van der Waals surface area contributed by atoms with E-state index >= 15 is 0 Å². The lowest BCUT2D eigenvalue weighted by Crippen LogP contribution is -2.30. The molecule has 2 aromatic carbocycles. The van der Waals surface area contributed by atoms with E-state index in [1.54, 1.807) is 26.0 Å². The minimum atomic E-state index is -0.384. The smallest absolute Gasteiger partial charge is 0.229 e. The lowest BCUT2D eigenvalue weighted by molar-refractivity contribution is -0.120. The molecule has 2 atom stereocenters. The molecule has 4 N–H and O–H groups in total. The van der Waals surface area contributed by atoms with Crippen molar-refractivity contribution in [1.29, 1.82) is 0 Å². The molecule has 0 saturated carbocycles. The zero-order valence-electron chi connectivity index (χ0n) is 13.5. The number of hydrogen-bond donors (Lipinski definition) is 3. The van der Waals surface area contributed by atoms with Crippen molar-refractivity contribution in [2.24, 2.45) is 11.7 Å². The second-order valence-electron chi connectivity index (χ2n) is 5.62. The van der Waals surface area contributed by atoms with Crippen LogP contribution in [0.2, 0.25) is 0 Å². The first-order valence-corrected chi connectivity index (χ1v) is 7.32. The Bertz CT molecular complexity index is 674. The molecule has 124 valence electrons. The standard InChI is InChI=1S/C18H22N2O2.ClH/c1-11-9-10-15(12(2)17(11)21)20-18(22)13(3)16(19)14-7-5-4-6-8-14;/h4-10,13,16,21H,19H2,1-3H3,(H,20,22);1H. The van der Waals surface area contributed by atoms with Gasteiger partial charge in [-0.1, -0.05) is 43.3 Å². The number of halogens is 1. The van der Waals surface area contributed by atoms with Crippen molar-refractivity contribution in [3.8, 4) is 5.75 Å². The summed E-state index contributed by atoms with van der Waals surface area (Å²) in [4.78, 5) is 12.4. The third-order valence-corrected chi connectivity index (χ3v) is 4.03. The Balaban J connectivity index is 0.00000264. The number of hydrogen-bond acceptors (Lipinski definition) is 3. The number of carbonyl (C=O) groups is 1. The fourth-order valence-corrected chi connectivity index (χ4v) is 2.34. The first-order valence-electron chi connectivity index (χ1n) is 7.32. The van der Waals surface area contributed by atoms with Gasteiger partial charge in [-0.05, 0) is 31.0 Å². The highest BCUT2D eigenvalue weighted by molar-refractivity contribution is 5.94. The quantitative estimate of drug-likeness (QED) is 0.798. The summed E-state index contributed by atoms with van der Waals surface area (Å²) in [6.45, 7) is 5.40. The van der Waals surface area contributed by atoms with Gasteiger partial charge in [0.05, 0.1) is 5.92 Å². The third kappa shape index (κ3) is 4.24. The first-order chi connectivity index (χ1) is 10.4. The summed E-state index contributed by atoms with van der Waals surface area (Å²) in [5.74, 6) is -0.342. The first kappa shape index (κ1) is 19.0. The van der Waals surface area contributed by atoms with Crippen LogP contribution in [0.25, 0.3) is 0 Å². The molecular weight excluding hydrogens is 312 g/mol. The normalized spacial score (nSPS) is 12.9. The molecule has 23 heavy (non-hydrogen) atoms. The Morgan fingerprint density at radius 3 is 2.35 bits per heavy atom. The summed E-state index contributed by atoms with van der Waals surface area (Å²) in [6.07, 6.45) is 0. The van der Waals surface area contributed by atoms with E-state index in [0.717, 1.165) is 11.1 Å². The number of amides is 1. The second-order valence-corrected chi connectivity index (χ2v) is 5.62. The Morgan fingerprint density at radius 2 is 1.74 bits per heavy atom. The van der Waals surface area contributed by atoms with Crippen molar-refractivity contribution < 1.29 is 9.90 Å². The maximum atomic E-state index is 12.4. The number of phenolic OH excluding ortho intramolecular Hbond substituents is 1. The SMILES string of the molecule is Cc1ccc(NC(=O)C(C)C(N)c2ccccc2)c(C)c1O.Cl. The Hall–Kier alpha value is -2.04. The fraction of sp³-hybridized carbons (Fsp3) is 0.278. The van der Waals surface area contributed by atoms with E-state index in [-0.39, 0.29) is 36.0 Å². The molecule has 4 nitrogen and oxygen atoms in total. The number of benzene rings is 2. The van der Waals surface area contributed by atoms with E-state index in [9.17, 15) is 9.90 Å². The van der Waals surface area contributed by atoms with Crippen LogP contribution in [-0.2, 0) is 4.79 Å².